The zero-order valence-corrected chi connectivity index (χ0v) is 23.0. The molecular weight excluding hydrogens is 537 g/mol. The summed E-state index contributed by atoms with van der Waals surface area (Å²) in [4.78, 5) is 47.4. The second-order valence-electron chi connectivity index (χ2n) is 9.64. The third kappa shape index (κ3) is 9.24. The van der Waals surface area contributed by atoms with Crippen molar-refractivity contribution in [3.63, 3.8) is 0 Å². The van der Waals surface area contributed by atoms with Gasteiger partial charge in [0.05, 0.1) is 50.8 Å². The molecule has 220 valence electrons. The van der Waals surface area contributed by atoms with E-state index in [9.17, 15) is 44.3 Å². The van der Waals surface area contributed by atoms with E-state index < -0.39 is 68.7 Å². The van der Waals surface area contributed by atoms with Crippen molar-refractivity contribution in [1.29, 1.82) is 0 Å². The van der Waals surface area contributed by atoms with Crippen molar-refractivity contribution in [3.8, 4) is 5.75 Å². The van der Waals surface area contributed by atoms with Crippen molar-refractivity contribution in [2.45, 2.75) is 56.5 Å². The Morgan fingerprint density at radius 3 is 2.28 bits per heavy atom. The number of carboxylic acid groups (broad SMARTS) is 1. The van der Waals surface area contributed by atoms with E-state index in [0.29, 0.717) is 12.2 Å². The van der Waals surface area contributed by atoms with Gasteiger partial charge in [0, 0.05) is 26.4 Å². The highest BCUT2D eigenvalue weighted by Crippen LogP contribution is 2.43. The predicted octanol–water partition coefficient (Wildman–Crippen LogP) is -1.31. The summed E-state index contributed by atoms with van der Waals surface area (Å²) in [5, 5.41) is 44.8. The summed E-state index contributed by atoms with van der Waals surface area (Å²) in [6.07, 6.45) is -2.96. The molecule has 14 nitrogen and oxygen atoms in total. The molecule has 0 spiro atoms. The number of carbonyl (C=O) groups excluding carboxylic acids is 2. The van der Waals surface area contributed by atoms with Gasteiger partial charge in [0.15, 0.2) is 5.54 Å². The second-order valence-corrected chi connectivity index (χ2v) is 11.6. The first-order chi connectivity index (χ1) is 18.2. The van der Waals surface area contributed by atoms with Gasteiger partial charge >= 0.3 is 13.6 Å². The highest BCUT2D eigenvalue weighted by atomic mass is 31.2. The molecule has 1 heterocycles. The van der Waals surface area contributed by atoms with Gasteiger partial charge in [-0.15, -0.1) is 0 Å². The normalized spacial score (nSPS) is 24.4. The lowest BCUT2D eigenvalue weighted by atomic mass is 10.0. The van der Waals surface area contributed by atoms with E-state index in [4.69, 9.17) is 9.26 Å². The SMILES string of the molecule is COc1ccc(CCC(=O)NC(C)(COP(=O)(O)CCN2[C@H](CO)[C@@H](O)[C@H](O)[C@H]2CNC(C)=O)C(=O)O)cc1. The summed E-state index contributed by atoms with van der Waals surface area (Å²) in [6.45, 7) is 0.729. The van der Waals surface area contributed by atoms with Gasteiger partial charge in [-0.05, 0) is 31.0 Å². The van der Waals surface area contributed by atoms with Crippen LogP contribution in [0.4, 0.5) is 0 Å². The van der Waals surface area contributed by atoms with Crippen LogP contribution in [0.3, 0.4) is 0 Å². The van der Waals surface area contributed by atoms with Gasteiger partial charge in [-0.2, -0.15) is 0 Å². The van der Waals surface area contributed by atoms with E-state index in [1.165, 1.54) is 18.9 Å². The predicted molar refractivity (Wildman–Crippen MR) is 138 cm³/mol. The van der Waals surface area contributed by atoms with Crippen LogP contribution >= 0.6 is 7.60 Å². The Labute approximate surface area is 226 Å². The van der Waals surface area contributed by atoms with Crippen LogP contribution in [-0.2, 0) is 29.9 Å². The van der Waals surface area contributed by atoms with Gasteiger partial charge in [-0.1, -0.05) is 12.1 Å². The number of hydrogen-bond acceptors (Lipinski definition) is 10. The first kappa shape index (κ1) is 32.6. The molecule has 39 heavy (non-hydrogen) atoms. The minimum absolute atomic E-state index is 0.0379. The monoisotopic (exact) mass is 575 g/mol. The molecule has 0 saturated carbocycles. The molecule has 1 fully saturated rings. The number of carboxylic acids is 1. The molecule has 2 unspecified atom stereocenters. The Bertz CT molecular complexity index is 1040. The average molecular weight is 576 g/mol. The average Bonchev–Trinajstić information content (AvgIpc) is 3.12. The third-order valence-electron chi connectivity index (χ3n) is 6.62. The number of aliphatic hydroxyl groups is 3. The van der Waals surface area contributed by atoms with Gasteiger partial charge in [0.1, 0.15) is 5.75 Å². The number of benzene rings is 1. The van der Waals surface area contributed by atoms with E-state index in [0.717, 1.165) is 12.5 Å². The Balaban J connectivity index is 1.97. The van der Waals surface area contributed by atoms with Crippen molar-refractivity contribution >= 4 is 25.4 Å². The number of aliphatic hydroxyl groups excluding tert-OH is 3. The fourth-order valence-corrected chi connectivity index (χ4v) is 5.30. The van der Waals surface area contributed by atoms with Crippen LogP contribution in [0, 0.1) is 0 Å². The molecule has 6 atom stereocenters. The van der Waals surface area contributed by atoms with E-state index >= 15 is 0 Å². The van der Waals surface area contributed by atoms with Gasteiger partial charge in [-0.3, -0.25) is 19.1 Å². The Hall–Kier alpha value is -2.58. The number of nitrogens with one attached hydrogen (secondary N) is 2. The van der Waals surface area contributed by atoms with Crippen LogP contribution in [-0.4, -0.2) is 117 Å². The summed E-state index contributed by atoms with van der Waals surface area (Å²) >= 11 is 0. The van der Waals surface area contributed by atoms with Crippen LogP contribution in [0.25, 0.3) is 0 Å². The lowest BCUT2D eigenvalue weighted by Crippen LogP contribution is -2.55. The number of aliphatic carboxylic acids is 1. The number of amides is 2. The first-order valence-electron chi connectivity index (χ1n) is 12.3. The number of methoxy groups -OCH3 is 1. The second kappa shape index (κ2) is 14.2. The molecule has 1 aliphatic rings. The molecule has 7 N–H and O–H groups in total. The third-order valence-corrected chi connectivity index (χ3v) is 7.92. The molecule has 0 bridgehead atoms. The zero-order chi connectivity index (χ0) is 29.4. The maximum Gasteiger partial charge on any atom is 0.331 e. The fraction of sp³-hybridized carbons (Fsp3) is 0.625. The minimum atomic E-state index is -4.44. The summed E-state index contributed by atoms with van der Waals surface area (Å²) in [5.74, 6) is -1.81. The van der Waals surface area contributed by atoms with E-state index in [1.807, 2.05) is 0 Å². The van der Waals surface area contributed by atoms with Gasteiger partial charge in [0.2, 0.25) is 11.8 Å². The molecule has 2 rings (SSSR count). The topological polar surface area (TPSA) is 215 Å². The van der Waals surface area contributed by atoms with Crippen molar-refractivity contribution in [2.24, 2.45) is 0 Å². The molecule has 0 aliphatic carbocycles. The summed E-state index contributed by atoms with van der Waals surface area (Å²) in [7, 11) is -2.91. The molecule has 0 aromatic heterocycles. The Morgan fingerprint density at radius 1 is 1.13 bits per heavy atom. The van der Waals surface area contributed by atoms with Crippen molar-refractivity contribution in [1.82, 2.24) is 15.5 Å². The number of carbonyl (C=O) groups is 3. The largest absolute Gasteiger partial charge is 0.497 e. The Kier molecular flexibility index (Phi) is 11.9. The summed E-state index contributed by atoms with van der Waals surface area (Å²) < 4.78 is 22.9. The van der Waals surface area contributed by atoms with Crippen LogP contribution in [0.5, 0.6) is 5.75 Å². The highest BCUT2D eigenvalue weighted by molar-refractivity contribution is 7.52. The van der Waals surface area contributed by atoms with Gasteiger partial charge in [0.25, 0.3) is 0 Å². The quantitative estimate of drug-likeness (QED) is 0.121. The first-order valence-corrected chi connectivity index (χ1v) is 14.1. The minimum Gasteiger partial charge on any atom is -0.497 e. The molecule has 1 aromatic carbocycles. The van der Waals surface area contributed by atoms with Gasteiger partial charge in [-0.25, -0.2) is 4.79 Å². The van der Waals surface area contributed by atoms with Crippen LogP contribution in [0.15, 0.2) is 24.3 Å². The number of ether oxygens (including phenoxy) is 1. The van der Waals surface area contributed by atoms with Crippen LogP contribution < -0.4 is 15.4 Å². The van der Waals surface area contributed by atoms with Crippen molar-refractivity contribution in [2.75, 3.05) is 39.6 Å². The maximum atomic E-state index is 12.8. The smallest absolute Gasteiger partial charge is 0.331 e. The van der Waals surface area contributed by atoms with Gasteiger partial charge < -0.3 is 45.2 Å². The molecule has 15 heteroatoms. The highest BCUT2D eigenvalue weighted by Gasteiger charge is 2.47. The number of rotatable bonds is 15. The molecule has 2 amide bonds. The van der Waals surface area contributed by atoms with E-state index in [1.54, 1.807) is 24.3 Å². The lowest BCUT2D eigenvalue weighted by Gasteiger charge is -2.31. The molecule has 1 aliphatic heterocycles. The summed E-state index contributed by atoms with van der Waals surface area (Å²) in [5.41, 5.74) is -1.17. The fourth-order valence-electron chi connectivity index (χ4n) is 4.23. The van der Waals surface area contributed by atoms with E-state index in [-0.39, 0.29) is 25.4 Å². The van der Waals surface area contributed by atoms with Crippen LogP contribution in [0.1, 0.15) is 25.8 Å². The Morgan fingerprint density at radius 2 is 1.74 bits per heavy atom. The molecule has 1 aromatic rings. The molecular formula is C24H38N3O11P. The lowest BCUT2D eigenvalue weighted by molar-refractivity contribution is -0.148. The molecule has 0 radical (unpaired) electrons. The standard InChI is InChI=1S/C24H38N3O11P/c1-15(29)25-12-18-21(31)22(32)19(13-28)27(18)10-11-39(35,36)38-14-24(2,23(33)34)26-20(30)9-6-16-4-7-17(37-3)8-5-16/h4-5,7-8,18-19,21-22,28,31-32H,6,9-14H2,1-3H3,(H,25,29)(H,26,30)(H,33,34)(H,35,36)/t18-,19-,21-,22-,24?/m1/s1. The number of nitrogens with zero attached hydrogens (tertiary/aromatic N) is 1. The van der Waals surface area contributed by atoms with E-state index in [2.05, 4.69) is 10.6 Å². The summed E-state index contributed by atoms with van der Waals surface area (Å²) in [6, 6.07) is 5.19. The van der Waals surface area contributed by atoms with Crippen molar-refractivity contribution < 1.29 is 53.5 Å². The van der Waals surface area contributed by atoms with Crippen molar-refractivity contribution in [3.05, 3.63) is 29.8 Å². The molecule has 1 saturated heterocycles. The number of likely N-dealkylation sites (tertiary alicyclic amines) is 1. The number of hydrogen-bond donors (Lipinski definition) is 7. The maximum absolute atomic E-state index is 12.8. The number of aryl methyl sites for hydroxylation is 1. The zero-order valence-electron chi connectivity index (χ0n) is 22.1. The van der Waals surface area contributed by atoms with Crippen LogP contribution in [0.2, 0.25) is 0 Å².